The molecule has 1 spiro atoms. The Hall–Kier alpha value is -3.33. The van der Waals surface area contributed by atoms with Crippen molar-refractivity contribution in [2.45, 2.75) is 25.2 Å². The SMILES string of the molecule is O=C(c1cccc(=O)[nH]1)N1CCC2(C1)Cn1c(nnc1-c1ccccn1)CO2. The maximum atomic E-state index is 12.8. The van der Waals surface area contributed by atoms with Crippen LogP contribution in [0.5, 0.6) is 0 Å². The summed E-state index contributed by atoms with van der Waals surface area (Å²) in [6.45, 7) is 1.90. The van der Waals surface area contributed by atoms with E-state index in [1.807, 2.05) is 22.8 Å². The van der Waals surface area contributed by atoms with Crippen molar-refractivity contribution >= 4 is 5.91 Å². The molecule has 3 aromatic rings. The van der Waals surface area contributed by atoms with E-state index in [2.05, 4.69) is 20.2 Å². The summed E-state index contributed by atoms with van der Waals surface area (Å²) < 4.78 is 8.16. The Bertz CT molecular complexity index is 1090. The van der Waals surface area contributed by atoms with Crippen LogP contribution in [0.3, 0.4) is 0 Å². The zero-order valence-corrected chi connectivity index (χ0v) is 15.0. The molecule has 9 heteroatoms. The summed E-state index contributed by atoms with van der Waals surface area (Å²) >= 11 is 0. The molecule has 0 saturated carbocycles. The second kappa shape index (κ2) is 6.38. The van der Waals surface area contributed by atoms with Crippen molar-refractivity contribution in [3.05, 3.63) is 64.5 Å². The molecule has 28 heavy (non-hydrogen) atoms. The second-order valence-electron chi connectivity index (χ2n) is 7.12. The molecule has 2 aliphatic rings. The van der Waals surface area contributed by atoms with Crippen molar-refractivity contribution in [3.63, 3.8) is 0 Å². The number of carbonyl (C=O) groups excluding carboxylic acids is 1. The number of nitrogens with one attached hydrogen (secondary N) is 1. The van der Waals surface area contributed by atoms with Gasteiger partial charge >= 0.3 is 0 Å². The van der Waals surface area contributed by atoms with Gasteiger partial charge in [-0.1, -0.05) is 12.1 Å². The Kier molecular flexibility index (Phi) is 3.83. The summed E-state index contributed by atoms with van der Waals surface area (Å²) in [5.41, 5.74) is 0.261. The number of aromatic nitrogens is 5. The zero-order valence-electron chi connectivity index (χ0n) is 15.0. The van der Waals surface area contributed by atoms with Gasteiger partial charge < -0.3 is 19.2 Å². The van der Waals surface area contributed by atoms with Crippen LogP contribution in [0.15, 0.2) is 47.4 Å². The quantitative estimate of drug-likeness (QED) is 0.708. The van der Waals surface area contributed by atoms with Gasteiger partial charge in [-0.2, -0.15) is 0 Å². The second-order valence-corrected chi connectivity index (χ2v) is 7.12. The number of ether oxygens (including phenoxy) is 1. The molecule has 5 heterocycles. The van der Waals surface area contributed by atoms with Crippen LogP contribution in [0, 0.1) is 0 Å². The third kappa shape index (κ3) is 2.80. The predicted octanol–water partition coefficient (Wildman–Crippen LogP) is 0.843. The highest BCUT2D eigenvalue weighted by atomic mass is 16.5. The number of aromatic amines is 1. The highest BCUT2D eigenvalue weighted by Gasteiger charge is 2.45. The van der Waals surface area contributed by atoms with Crippen LogP contribution in [-0.2, 0) is 17.9 Å². The minimum atomic E-state index is -0.496. The van der Waals surface area contributed by atoms with Crippen LogP contribution in [0.25, 0.3) is 11.5 Å². The number of H-pyrrole nitrogens is 1. The Morgan fingerprint density at radius 3 is 2.89 bits per heavy atom. The Balaban J connectivity index is 1.40. The Labute approximate surface area is 160 Å². The van der Waals surface area contributed by atoms with Gasteiger partial charge in [0.25, 0.3) is 5.91 Å². The summed E-state index contributed by atoms with van der Waals surface area (Å²) in [5.74, 6) is 1.26. The van der Waals surface area contributed by atoms with Gasteiger partial charge in [-0.05, 0) is 24.6 Å². The minimum Gasteiger partial charge on any atom is -0.363 e. The molecule has 1 N–H and O–H groups in total. The van der Waals surface area contributed by atoms with Crippen molar-refractivity contribution in [2.24, 2.45) is 0 Å². The smallest absolute Gasteiger partial charge is 0.270 e. The summed E-state index contributed by atoms with van der Waals surface area (Å²) in [5, 5.41) is 8.51. The van der Waals surface area contributed by atoms with E-state index in [1.54, 1.807) is 23.2 Å². The lowest BCUT2D eigenvalue weighted by Gasteiger charge is -2.34. The van der Waals surface area contributed by atoms with Crippen LogP contribution in [0.1, 0.15) is 22.7 Å². The predicted molar refractivity (Wildman–Crippen MR) is 98.4 cm³/mol. The van der Waals surface area contributed by atoms with Gasteiger partial charge in [-0.15, -0.1) is 10.2 Å². The number of rotatable bonds is 2. The number of pyridine rings is 2. The van der Waals surface area contributed by atoms with Crippen LogP contribution in [0.4, 0.5) is 0 Å². The lowest BCUT2D eigenvalue weighted by atomic mass is 10.0. The van der Waals surface area contributed by atoms with Gasteiger partial charge in [0.05, 0.1) is 13.1 Å². The number of likely N-dealkylation sites (tertiary alicyclic amines) is 1. The molecule has 1 unspecified atom stereocenters. The van der Waals surface area contributed by atoms with E-state index in [1.165, 1.54) is 6.07 Å². The number of hydrogen-bond acceptors (Lipinski definition) is 6. The van der Waals surface area contributed by atoms with E-state index >= 15 is 0 Å². The first kappa shape index (κ1) is 16.8. The lowest BCUT2D eigenvalue weighted by Crippen LogP contribution is -2.45. The summed E-state index contributed by atoms with van der Waals surface area (Å²) in [4.78, 5) is 33.0. The van der Waals surface area contributed by atoms with Crippen molar-refractivity contribution < 1.29 is 9.53 Å². The lowest BCUT2D eigenvalue weighted by molar-refractivity contribution is -0.0805. The molecule has 1 atom stereocenters. The van der Waals surface area contributed by atoms with Crippen molar-refractivity contribution in [1.29, 1.82) is 0 Å². The molecule has 0 radical (unpaired) electrons. The number of nitrogens with zero attached hydrogens (tertiary/aromatic N) is 5. The van der Waals surface area contributed by atoms with Crippen LogP contribution < -0.4 is 5.56 Å². The Morgan fingerprint density at radius 1 is 1.14 bits per heavy atom. The summed E-state index contributed by atoms with van der Waals surface area (Å²) in [7, 11) is 0. The van der Waals surface area contributed by atoms with Crippen LogP contribution >= 0.6 is 0 Å². The molecule has 5 rings (SSSR count). The van der Waals surface area contributed by atoms with Crippen molar-refractivity contribution in [3.8, 4) is 11.5 Å². The maximum Gasteiger partial charge on any atom is 0.270 e. The number of amides is 1. The molecular formula is C19H18N6O3. The third-order valence-electron chi connectivity index (χ3n) is 5.28. The largest absolute Gasteiger partial charge is 0.363 e. The van der Waals surface area contributed by atoms with Crippen molar-refractivity contribution in [1.82, 2.24) is 29.6 Å². The standard InChI is InChI=1S/C19H18N6O3/c26-16-6-3-5-14(21-16)18(27)24-9-7-19(11-24)12-25-15(10-28-19)22-23-17(25)13-4-1-2-8-20-13/h1-6,8H,7,9-12H2,(H,21,26). The summed E-state index contributed by atoms with van der Waals surface area (Å²) in [6.07, 6.45) is 2.43. The van der Waals surface area contributed by atoms with E-state index < -0.39 is 5.60 Å². The normalized spacial score (nSPS) is 21.1. The fraction of sp³-hybridized carbons (Fsp3) is 0.316. The highest BCUT2D eigenvalue weighted by molar-refractivity contribution is 5.92. The topological polar surface area (TPSA) is 106 Å². The molecule has 2 aliphatic heterocycles. The molecule has 1 fully saturated rings. The fourth-order valence-corrected chi connectivity index (χ4v) is 3.85. The molecule has 3 aromatic heterocycles. The molecule has 9 nitrogen and oxygen atoms in total. The molecule has 0 aliphatic carbocycles. The minimum absolute atomic E-state index is 0.197. The molecule has 1 saturated heterocycles. The first-order chi connectivity index (χ1) is 13.6. The fourth-order valence-electron chi connectivity index (χ4n) is 3.85. The average molecular weight is 378 g/mol. The van der Waals surface area contributed by atoms with Gasteiger partial charge in [0.2, 0.25) is 5.56 Å². The first-order valence-electron chi connectivity index (χ1n) is 9.10. The van der Waals surface area contributed by atoms with Gasteiger partial charge in [0.15, 0.2) is 11.6 Å². The third-order valence-corrected chi connectivity index (χ3v) is 5.28. The van der Waals surface area contributed by atoms with Crippen LogP contribution in [0.2, 0.25) is 0 Å². The molecule has 0 aromatic carbocycles. The van der Waals surface area contributed by atoms with E-state index in [-0.39, 0.29) is 11.5 Å². The molecule has 0 bridgehead atoms. The van der Waals surface area contributed by atoms with Crippen LogP contribution in [-0.4, -0.2) is 54.2 Å². The average Bonchev–Trinajstić information content (AvgIpc) is 3.33. The van der Waals surface area contributed by atoms with Gasteiger partial charge in [-0.25, -0.2) is 0 Å². The summed E-state index contributed by atoms with van der Waals surface area (Å²) in [6, 6.07) is 10.3. The van der Waals surface area contributed by atoms with E-state index in [9.17, 15) is 9.59 Å². The molecule has 1 amide bonds. The maximum absolute atomic E-state index is 12.8. The zero-order chi connectivity index (χ0) is 19.1. The van der Waals surface area contributed by atoms with Gasteiger partial charge in [0.1, 0.15) is 23.6 Å². The highest BCUT2D eigenvalue weighted by Crippen LogP contribution is 2.34. The Morgan fingerprint density at radius 2 is 2.07 bits per heavy atom. The van der Waals surface area contributed by atoms with E-state index in [0.717, 1.165) is 11.5 Å². The number of hydrogen-bond donors (Lipinski definition) is 1. The van der Waals surface area contributed by atoms with Gasteiger partial charge in [-0.3, -0.25) is 14.6 Å². The number of carbonyl (C=O) groups is 1. The number of fused-ring (bicyclic) bond motifs is 1. The van der Waals surface area contributed by atoms with E-state index in [4.69, 9.17) is 4.74 Å². The molecular weight excluding hydrogens is 360 g/mol. The first-order valence-corrected chi connectivity index (χ1v) is 9.10. The van der Waals surface area contributed by atoms with E-state index in [0.29, 0.717) is 44.2 Å². The van der Waals surface area contributed by atoms with Gasteiger partial charge in [0, 0.05) is 18.8 Å². The monoisotopic (exact) mass is 378 g/mol. The molecule has 142 valence electrons. The van der Waals surface area contributed by atoms with Crippen molar-refractivity contribution in [2.75, 3.05) is 13.1 Å².